The predicted octanol–water partition coefficient (Wildman–Crippen LogP) is 11.5. The van der Waals surface area contributed by atoms with Crippen molar-refractivity contribution in [2.45, 2.75) is 80.1 Å². The molecule has 0 fully saturated rings. The first-order valence-corrected chi connectivity index (χ1v) is 17.2. The summed E-state index contributed by atoms with van der Waals surface area (Å²) in [5.74, 6) is 0. The van der Waals surface area contributed by atoms with Gasteiger partial charge in [-0.2, -0.15) is 10.5 Å². The van der Waals surface area contributed by atoms with Crippen LogP contribution in [0.15, 0.2) is 72.8 Å². The van der Waals surface area contributed by atoms with Crippen LogP contribution in [0.2, 0.25) is 0 Å². The van der Waals surface area contributed by atoms with Gasteiger partial charge in [0.05, 0.1) is 44.6 Å². The fourth-order valence-electron chi connectivity index (χ4n) is 9.00. The number of aryl methyl sites for hydroxylation is 4. The number of benzene rings is 5. The molecule has 0 radical (unpaired) electrons. The van der Waals surface area contributed by atoms with Crippen LogP contribution < -0.4 is 0 Å². The Balaban J connectivity index is 1.68. The molecule has 1 aliphatic rings. The zero-order chi connectivity index (χ0) is 34.9. The zero-order valence-electron chi connectivity index (χ0n) is 30.2. The number of nitriles is 2. The van der Waals surface area contributed by atoms with Gasteiger partial charge in [0.15, 0.2) is 0 Å². The summed E-state index contributed by atoms with van der Waals surface area (Å²) in [5, 5.41) is 27.3. The van der Waals surface area contributed by atoms with Crippen molar-refractivity contribution in [3.63, 3.8) is 0 Å². The summed E-state index contributed by atoms with van der Waals surface area (Å²) in [4.78, 5) is 0. The Bertz CT molecular complexity index is 2390. The largest absolute Gasteiger partial charge is 0.308 e. The van der Waals surface area contributed by atoms with E-state index < -0.39 is 0 Å². The second-order valence-electron chi connectivity index (χ2n) is 16.0. The van der Waals surface area contributed by atoms with Crippen LogP contribution in [0, 0.1) is 55.8 Å². The maximum absolute atomic E-state index is 11.3. The van der Waals surface area contributed by atoms with E-state index in [9.17, 15) is 10.5 Å². The SMILES string of the molecule is Cc1ccc2c(c1)c1cc(C)ccc1n2-c1c(C#N)c(C#N)c(-n2c3ccc(C)cc3c3cc(C)ccc32)c2c1C(C)(C)C(C)(C)C2(C)C. The van der Waals surface area contributed by atoms with E-state index in [2.05, 4.69) is 163 Å². The van der Waals surface area contributed by atoms with Crippen molar-refractivity contribution in [2.24, 2.45) is 5.41 Å². The van der Waals surface area contributed by atoms with E-state index in [-0.39, 0.29) is 16.2 Å². The maximum Gasteiger partial charge on any atom is 0.103 e. The molecule has 242 valence electrons. The number of fused-ring (bicyclic) bond motifs is 7. The highest BCUT2D eigenvalue weighted by Crippen LogP contribution is 2.65. The normalized spacial score (nSPS) is 16.0. The molecule has 49 heavy (non-hydrogen) atoms. The molecule has 0 aliphatic heterocycles. The quantitative estimate of drug-likeness (QED) is 0.189. The summed E-state index contributed by atoms with van der Waals surface area (Å²) < 4.78 is 4.59. The smallest absolute Gasteiger partial charge is 0.103 e. The monoisotopic (exact) mass is 638 g/mol. The van der Waals surface area contributed by atoms with Crippen LogP contribution in [0.4, 0.5) is 0 Å². The predicted molar refractivity (Wildman–Crippen MR) is 203 cm³/mol. The van der Waals surface area contributed by atoms with Crippen LogP contribution in [0.5, 0.6) is 0 Å². The minimum atomic E-state index is -0.375. The third-order valence-electron chi connectivity index (χ3n) is 12.6. The number of nitrogens with zero attached hydrogens (tertiary/aromatic N) is 4. The molecule has 0 amide bonds. The molecule has 0 saturated heterocycles. The van der Waals surface area contributed by atoms with Gasteiger partial charge in [-0.3, -0.25) is 0 Å². The highest BCUT2D eigenvalue weighted by atomic mass is 15.0. The van der Waals surface area contributed by atoms with Crippen LogP contribution in [0.25, 0.3) is 55.0 Å². The van der Waals surface area contributed by atoms with Crippen molar-refractivity contribution in [3.05, 3.63) is 117 Å². The lowest BCUT2D eigenvalue weighted by Crippen LogP contribution is -2.42. The van der Waals surface area contributed by atoms with Crippen molar-refractivity contribution in [2.75, 3.05) is 0 Å². The Morgan fingerprint density at radius 2 is 0.714 bits per heavy atom. The van der Waals surface area contributed by atoms with Crippen LogP contribution in [0.3, 0.4) is 0 Å². The molecule has 4 nitrogen and oxygen atoms in total. The van der Waals surface area contributed by atoms with Gasteiger partial charge in [0.1, 0.15) is 12.1 Å². The molecule has 0 unspecified atom stereocenters. The molecule has 2 heterocycles. The van der Waals surface area contributed by atoms with E-state index in [0.717, 1.165) is 66.1 Å². The average molecular weight is 639 g/mol. The van der Waals surface area contributed by atoms with Crippen molar-refractivity contribution < 1.29 is 0 Å². The molecule has 2 aromatic heterocycles. The molecule has 8 rings (SSSR count). The Labute approximate surface area is 288 Å². The van der Waals surface area contributed by atoms with Crippen LogP contribution >= 0.6 is 0 Å². The van der Waals surface area contributed by atoms with E-state index >= 15 is 0 Å². The average Bonchev–Trinajstić information content (AvgIpc) is 3.56. The van der Waals surface area contributed by atoms with Gasteiger partial charge in [-0.1, -0.05) is 88.1 Å². The minimum Gasteiger partial charge on any atom is -0.308 e. The third kappa shape index (κ3) is 3.78. The first kappa shape index (κ1) is 31.0. The molecule has 0 N–H and O–H groups in total. The summed E-state index contributed by atoms with van der Waals surface area (Å²) in [6.07, 6.45) is 0. The van der Waals surface area contributed by atoms with Crippen molar-refractivity contribution in [3.8, 4) is 23.5 Å². The molecule has 0 spiro atoms. The zero-order valence-corrected chi connectivity index (χ0v) is 30.2. The topological polar surface area (TPSA) is 57.4 Å². The van der Waals surface area contributed by atoms with E-state index in [1.807, 2.05) is 0 Å². The summed E-state index contributed by atoms with van der Waals surface area (Å²) in [5.41, 5.74) is 12.7. The molecule has 1 aliphatic carbocycles. The summed E-state index contributed by atoms with van der Waals surface area (Å²) in [6.45, 7) is 22.6. The molecule has 0 atom stereocenters. The summed E-state index contributed by atoms with van der Waals surface area (Å²) in [7, 11) is 0. The van der Waals surface area contributed by atoms with Crippen molar-refractivity contribution >= 4 is 43.6 Å². The number of aromatic nitrogens is 2. The van der Waals surface area contributed by atoms with Gasteiger partial charge in [0.2, 0.25) is 0 Å². The first-order chi connectivity index (χ1) is 23.1. The molecule has 4 heteroatoms. The Hall–Kier alpha value is -5.32. The number of rotatable bonds is 2. The van der Waals surface area contributed by atoms with Gasteiger partial charge in [-0.25, -0.2) is 0 Å². The highest BCUT2D eigenvalue weighted by molar-refractivity contribution is 6.12. The van der Waals surface area contributed by atoms with E-state index in [1.54, 1.807) is 0 Å². The van der Waals surface area contributed by atoms with Crippen LogP contribution in [0.1, 0.15) is 86.1 Å². The number of hydrogen-bond donors (Lipinski definition) is 0. The Morgan fingerprint density at radius 3 is 0.959 bits per heavy atom. The van der Waals surface area contributed by atoms with E-state index in [4.69, 9.17) is 0 Å². The standard InChI is InChI=1S/C45H42N4/c1-25-11-15-35-29(19-25)30-20-26(2)12-16-36(30)48(35)41-33(23-46)34(24-47)42(40-39(41)43(5,6)45(9,10)44(40,7)8)49-37-17-13-27(3)21-31(37)32-22-28(4)14-18-38(32)49/h11-22H,1-10H3. The van der Waals surface area contributed by atoms with E-state index in [1.165, 1.54) is 22.3 Å². The van der Waals surface area contributed by atoms with Gasteiger partial charge in [-0.15, -0.1) is 0 Å². The Morgan fingerprint density at radius 1 is 0.449 bits per heavy atom. The van der Waals surface area contributed by atoms with Gasteiger partial charge < -0.3 is 9.13 Å². The number of hydrogen-bond acceptors (Lipinski definition) is 2. The molecular formula is C45H42N4. The molecule has 5 aromatic carbocycles. The molecule has 7 aromatic rings. The van der Waals surface area contributed by atoms with Gasteiger partial charge in [0.25, 0.3) is 0 Å². The first-order valence-electron chi connectivity index (χ1n) is 17.2. The lowest BCUT2D eigenvalue weighted by Gasteiger charge is -2.45. The molecule has 0 bridgehead atoms. The molecule has 0 saturated carbocycles. The Kier molecular flexibility index (Phi) is 6.24. The summed E-state index contributed by atoms with van der Waals surface area (Å²) in [6, 6.07) is 31.6. The van der Waals surface area contributed by atoms with Gasteiger partial charge in [0, 0.05) is 21.5 Å². The maximum atomic E-state index is 11.3. The lowest BCUT2D eigenvalue weighted by molar-refractivity contribution is 0.125. The summed E-state index contributed by atoms with van der Waals surface area (Å²) >= 11 is 0. The van der Waals surface area contributed by atoms with Gasteiger partial charge >= 0.3 is 0 Å². The second-order valence-corrected chi connectivity index (χ2v) is 16.0. The molecular weight excluding hydrogens is 597 g/mol. The van der Waals surface area contributed by atoms with Crippen molar-refractivity contribution in [1.29, 1.82) is 10.5 Å². The second kappa shape index (κ2) is 9.87. The fraction of sp³-hybridized carbons (Fsp3) is 0.289. The van der Waals surface area contributed by atoms with E-state index in [0.29, 0.717) is 11.1 Å². The minimum absolute atomic E-state index is 0.246. The van der Waals surface area contributed by atoms with Crippen molar-refractivity contribution in [1.82, 2.24) is 9.13 Å². The van der Waals surface area contributed by atoms with Crippen LogP contribution in [-0.2, 0) is 10.8 Å². The lowest BCUT2D eigenvalue weighted by atomic mass is 9.59. The third-order valence-corrected chi connectivity index (χ3v) is 12.6. The van der Waals surface area contributed by atoms with Crippen LogP contribution in [-0.4, -0.2) is 9.13 Å². The highest BCUT2D eigenvalue weighted by Gasteiger charge is 2.60. The fourth-order valence-corrected chi connectivity index (χ4v) is 9.00. The van der Waals surface area contributed by atoms with Gasteiger partial charge in [-0.05, 0) is 104 Å².